The van der Waals surface area contributed by atoms with Crippen LogP contribution < -0.4 is 16.4 Å². The summed E-state index contributed by atoms with van der Waals surface area (Å²) in [6, 6.07) is 12.1. The average Bonchev–Trinajstić information content (AvgIpc) is 3.29. The number of ketones is 2. The van der Waals surface area contributed by atoms with Crippen LogP contribution in [0.15, 0.2) is 81.4 Å². The molecule has 0 aliphatic carbocycles. The number of benzene rings is 3. The number of Topliss-reactive ketones (excluding diaryl/α,β-unsaturated/α-hetero) is 2. The molecule has 0 saturated carbocycles. The van der Waals surface area contributed by atoms with E-state index in [0.29, 0.717) is 17.4 Å². The fourth-order valence-electron chi connectivity index (χ4n) is 3.41. The number of hydrogen-bond donors (Lipinski definition) is 3. The van der Waals surface area contributed by atoms with Crippen LogP contribution in [-0.2, 0) is 11.4 Å². The van der Waals surface area contributed by atoms with Gasteiger partial charge in [-0.1, -0.05) is 19.1 Å². The molecule has 4 N–H and O–H groups in total. The van der Waals surface area contributed by atoms with Gasteiger partial charge in [-0.15, -0.1) is 0 Å². The lowest BCUT2D eigenvalue weighted by Gasteiger charge is -2.13. The molecule has 1 unspecified atom stereocenters. The highest BCUT2D eigenvalue weighted by Crippen LogP contribution is 2.33. The van der Waals surface area contributed by atoms with Gasteiger partial charge in [0.05, 0.1) is 16.9 Å². The number of anilines is 2. The first-order chi connectivity index (χ1) is 17.2. The Kier molecular flexibility index (Phi) is 7.13. The van der Waals surface area contributed by atoms with Crippen LogP contribution in [0.2, 0.25) is 0 Å². The number of allylic oxidation sites excluding steroid dienone is 1. The van der Waals surface area contributed by atoms with E-state index in [1.54, 1.807) is 31.2 Å². The minimum atomic E-state index is -2.26. The molecule has 184 valence electrons. The van der Waals surface area contributed by atoms with E-state index in [4.69, 9.17) is 5.73 Å². The number of nitrogens with two attached hydrogens (primary N) is 1. The molecule has 0 bridgehead atoms. The van der Waals surface area contributed by atoms with Crippen molar-refractivity contribution in [1.29, 1.82) is 0 Å². The Bertz CT molecular complexity index is 1410. The number of halogens is 3. The fraction of sp³-hybridized carbons (Fsp3) is 0.0800. The first-order valence-corrected chi connectivity index (χ1v) is 11.8. The second kappa shape index (κ2) is 10.3. The van der Waals surface area contributed by atoms with Gasteiger partial charge in [0.2, 0.25) is 16.5 Å². The minimum Gasteiger partial charge on any atom is -0.586 e. The highest BCUT2D eigenvalue weighted by atomic mass is 32.2. The van der Waals surface area contributed by atoms with E-state index in [1.807, 2.05) is 0 Å². The Hall–Kier alpha value is -4.09. The quantitative estimate of drug-likeness (QED) is 0.0803. The van der Waals surface area contributed by atoms with E-state index in [0.717, 1.165) is 30.3 Å². The Labute approximate surface area is 207 Å². The van der Waals surface area contributed by atoms with Gasteiger partial charge in [-0.3, -0.25) is 9.59 Å². The number of fused-ring (bicyclic) bond motifs is 1. The van der Waals surface area contributed by atoms with Crippen LogP contribution in [0.1, 0.15) is 34.1 Å². The lowest BCUT2D eigenvalue weighted by Crippen LogP contribution is -2.22. The second-order valence-electron chi connectivity index (χ2n) is 7.66. The van der Waals surface area contributed by atoms with E-state index < -0.39 is 56.4 Å². The first kappa shape index (κ1) is 25.0. The van der Waals surface area contributed by atoms with Gasteiger partial charge in [-0.25, -0.2) is 13.2 Å². The predicted octanol–water partition coefficient (Wildman–Crippen LogP) is 4.71. The molecule has 11 heteroatoms. The molecule has 7 nitrogen and oxygen atoms in total. The second-order valence-corrected chi connectivity index (χ2v) is 8.78. The van der Waals surface area contributed by atoms with E-state index in [2.05, 4.69) is 15.0 Å². The van der Waals surface area contributed by atoms with Crippen molar-refractivity contribution in [3.8, 4) is 0 Å². The van der Waals surface area contributed by atoms with Gasteiger partial charge in [0, 0.05) is 18.1 Å². The monoisotopic (exact) mass is 512 g/mol. The summed E-state index contributed by atoms with van der Waals surface area (Å²) >= 11 is -2.26. The molecule has 1 aliphatic rings. The van der Waals surface area contributed by atoms with Crippen molar-refractivity contribution < 1.29 is 27.3 Å². The molecule has 0 amide bonds. The number of carbonyl (C=O) groups excluding carboxylic acids is 2. The summed E-state index contributed by atoms with van der Waals surface area (Å²) in [7, 11) is 0. The number of rotatable bonds is 7. The van der Waals surface area contributed by atoms with Gasteiger partial charge < -0.3 is 20.9 Å². The molecular formula is C25H19F3N4O3S. The van der Waals surface area contributed by atoms with Crippen molar-refractivity contribution in [1.82, 2.24) is 0 Å². The summed E-state index contributed by atoms with van der Waals surface area (Å²) in [6.45, 7) is 1.67. The molecule has 3 aromatic rings. The summed E-state index contributed by atoms with van der Waals surface area (Å²) in [5, 5.41) is 5.78. The zero-order valence-electron chi connectivity index (χ0n) is 18.8. The fourth-order valence-corrected chi connectivity index (χ4v) is 4.31. The molecule has 0 spiro atoms. The van der Waals surface area contributed by atoms with Crippen LogP contribution in [0, 0.1) is 17.5 Å². The average molecular weight is 513 g/mol. The van der Waals surface area contributed by atoms with Crippen molar-refractivity contribution in [2.75, 3.05) is 10.6 Å². The summed E-state index contributed by atoms with van der Waals surface area (Å²) in [5.74, 6) is -4.93. The molecule has 0 aromatic heterocycles. The number of para-hydroxylation sites is 2. The molecule has 0 fully saturated rings. The zero-order valence-corrected chi connectivity index (χ0v) is 19.6. The van der Waals surface area contributed by atoms with Crippen molar-refractivity contribution in [2.24, 2.45) is 10.1 Å². The van der Waals surface area contributed by atoms with Crippen LogP contribution in [0.5, 0.6) is 0 Å². The summed E-state index contributed by atoms with van der Waals surface area (Å²) in [4.78, 5) is 26.6. The Morgan fingerprint density at radius 3 is 2.22 bits per heavy atom. The van der Waals surface area contributed by atoms with Crippen LogP contribution >= 0.6 is 0 Å². The zero-order chi connectivity index (χ0) is 26.0. The highest BCUT2D eigenvalue weighted by Gasteiger charge is 2.32. The highest BCUT2D eigenvalue weighted by molar-refractivity contribution is 7.90. The topological polar surface area (TPSA) is 120 Å². The van der Waals surface area contributed by atoms with Crippen LogP contribution in [0.3, 0.4) is 0 Å². The van der Waals surface area contributed by atoms with Gasteiger partial charge in [-0.05, 0) is 46.9 Å². The number of hydrogen-bond acceptors (Lipinski definition) is 6. The van der Waals surface area contributed by atoms with E-state index >= 15 is 0 Å². The lowest BCUT2D eigenvalue weighted by molar-refractivity contribution is 0.0959. The lowest BCUT2D eigenvalue weighted by atomic mass is 9.95. The van der Waals surface area contributed by atoms with Crippen LogP contribution in [0.4, 0.5) is 24.5 Å². The van der Waals surface area contributed by atoms with Crippen molar-refractivity contribution in [3.63, 3.8) is 0 Å². The minimum absolute atomic E-state index is 0.0150. The number of nitrogens with one attached hydrogen (secondary N) is 2. The van der Waals surface area contributed by atoms with Crippen molar-refractivity contribution >= 4 is 40.1 Å². The smallest absolute Gasteiger partial charge is 0.218 e. The van der Waals surface area contributed by atoms with Crippen molar-refractivity contribution in [2.45, 2.75) is 18.2 Å². The Balaban J connectivity index is 1.83. The maximum Gasteiger partial charge on any atom is 0.218 e. The molecule has 0 radical (unpaired) electrons. The first-order valence-electron chi connectivity index (χ1n) is 10.7. The maximum atomic E-state index is 14.5. The van der Waals surface area contributed by atoms with Gasteiger partial charge in [0.15, 0.2) is 11.7 Å². The summed E-state index contributed by atoms with van der Waals surface area (Å²) in [5.41, 5.74) is 5.22. The van der Waals surface area contributed by atoms with Gasteiger partial charge in [-0.2, -0.15) is 0 Å². The Morgan fingerprint density at radius 1 is 0.944 bits per heavy atom. The molecule has 1 heterocycles. The third-order valence-electron chi connectivity index (χ3n) is 5.27. The van der Waals surface area contributed by atoms with Crippen LogP contribution in [-0.4, -0.2) is 22.0 Å². The number of carbonyl (C=O) groups is 2. The largest absolute Gasteiger partial charge is 0.586 e. The maximum absolute atomic E-state index is 14.5. The molecular weight excluding hydrogens is 493 g/mol. The SMILES string of the molecule is CC/C(N)=N/[S+]([O-])c1cc(C(=O)C(C(=O)c2cc(F)ccc2F)=C2Nc3ccccc3N2)ccc1F. The third kappa shape index (κ3) is 4.97. The molecule has 3 aromatic carbocycles. The predicted molar refractivity (Wildman–Crippen MR) is 130 cm³/mol. The standard InChI is InChI=1S/C25H19F3N4O3S/c1-2-21(29)32-36(35)20-11-13(7-9-17(20)28)23(33)22(24(34)15-12-14(26)8-10-16(15)27)25-30-18-5-3-4-6-19(18)31-25/h3-12,30-31H,2H2,1H3,(H2,29,32). The molecule has 36 heavy (non-hydrogen) atoms. The summed E-state index contributed by atoms with van der Waals surface area (Å²) in [6.07, 6.45) is 0.272. The van der Waals surface area contributed by atoms with Crippen molar-refractivity contribution in [3.05, 3.63) is 101 Å². The van der Waals surface area contributed by atoms with Gasteiger partial charge in [0.25, 0.3) is 0 Å². The van der Waals surface area contributed by atoms with Crippen LogP contribution in [0.25, 0.3) is 0 Å². The number of nitrogens with zero attached hydrogens (tertiary/aromatic N) is 1. The molecule has 0 saturated heterocycles. The third-order valence-corrected chi connectivity index (χ3v) is 6.36. The number of amidine groups is 1. The van der Waals surface area contributed by atoms with E-state index in [1.165, 1.54) is 0 Å². The normalized spacial score (nSPS) is 13.5. The Morgan fingerprint density at radius 2 is 1.58 bits per heavy atom. The molecule has 1 atom stereocenters. The van der Waals surface area contributed by atoms with E-state index in [-0.39, 0.29) is 23.6 Å². The molecule has 1 aliphatic heterocycles. The van der Waals surface area contributed by atoms with Gasteiger partial charge >= 0.3 is 0 Å². The van der Waals surface area contributed by atoms with Gasteiger partial charge in [0.1, 0.15) is 34.4 Å². The summed E-state index contributed by atoms with van der Waals surface area (Å²) < 4.78 is 59.0. The molecule has 4 rings (SSSR count). The van der Waals surface area contributed by atoms with E-state index in [9.17, 15) is 27.3 Å².